The Bertz CT molecular complexity index is 534. The van der Waals surface area contributed by atoms with Crippen molar-refractivity contribution in [2.75, 3.05) is 6.54 Å². The second kappa shape index (κ2) is 5.61. The highest BCUT2D eigenvalue weighted by molar-refractivity contribution is 5.95. The first-order chi connectivity index (χ1) is 9.44. The molecule has 0 radical (unpaired) electrons. The van der Waals surface area contributed by atoms with Crippen molar-refractivity contribution in [2.24, 2.45) is 5.41 Å². The summed E-state index contributed by atoms with van der Waals surface area (Å²) in [4.78, 5) is 27.8. The van der Waals surface area contributed by atoms with E-state index >= 15 is 0 Å². The largest absolute Gasteiger partial charge is 0.481 e. The van der Waals surface area contributed by atoms with Crippen LogP contribution in [0.4, 0.5) is 0 Å². The van der Waals surface area contributed by atoms with Gasteiger partial charge in [0, 0.05) is 12.2 Å². The Balaban J connectivity index is 2.06. The summed E-state index contributed by atoms with van der Waals surface area (Å²) in [5.41, 5.74) is 1.24. The first-order valence-electron chi connectivity index (χ1n) is 6.90. The Kier molecular flexibility index (Phi) is 4.06. The van der Waals surface area contributed by atoms with E-state index in [1.54, 1.807) is 19.1 Å². The first kappa shape index (κ1) is 14.5. The molecule has 20 heavy (non-hydrogen) atoms. The molecule has 5 nitrogen and oxygen atoms in total. The number of nitrogens with one attached hydrogen (secondary N) is 1. The molecule has 0 saturated heterocycles. The fraction of sp³-hybridized carbons (Fsp3) is 0.533. The zero-order valence-corrected chi connectivity index (χ0v) is 11.9. The number of amides is 1. The lowest BCUT2D eigenvalue weighted by Crippen LogP contribution is -2.41. The zero-order chi connectivity index (χ0) is 14.8. The van der Waals surface area contributed by atoms with Crippen molar-refractivity contribution in [3.8, 4) is 0 Å². The summed E-state index contributed by atoms with van der Waals surface area (Å²) in [5.74, 6) is -1.06. The maximum Gasteiger partial charge on any atom is 0.311 e. The van der Waals surface area contributed by atoms with Gasteiger partial charge >= 0.3 is 5.97 Å². The zero-order valence-electron chi connectivity index (χ0n) is 11.9. The van der Waals surface area contributed by atoms with Crippen LogP contribution in [0, 0.1) is 19.3 Å². The van der Waals surface area contributed by atoms with Crippen molar-refractivity contribution in [1.29, 1.82) is 0 Å². The number of carbonyl (C=O) groups is 2. The number of nitrogens with zero attached hydrogens (tertiary/aromatic N) is 1. The lowest BCUT2D eigenvalue weighted by molar-refractivity contribution is -0.148. The van der Waals surface area contributed by atoms with Crippen LogP contribution in [0.25, 0.3) is 0 Å². The number of aliphatic carboxylic acids is 1. The number of hydrogen-bond donors (Lipinski definition) is 2. The van der Waals surface area contributed by atoms with E-state index in [1.165, 1.54) is 0 Å². The maximum absolute atomic E-state index is 12.2. The predicted molar refractivity (Wildman–Crippen MR) is 74.6 cm³/mol. The number of rotatable bonds is 4. The molecule has 5 heteroatoms. The smallest absolute Gasteiger partial charge is 0.311 e. The van der Waals surface area contributed by atoms with Gasteiger partial charge in [0.15, 0.2) is 0 Å². The summed E-state index contributed by atoms with van der Waals surface area (Å²) in [6, 6.07) is 3.51. The highest BCUT2D eigenvalue weighted by Crippen LogP contribution is 2.37. The monoisotopic (exact) mass is 276 g/mol. The summed E-state index contributed by atoms with van der Waals surface area (Å²) in [6.07, 6.45) is 3.09. The van der Waals surface area contributed by atoms with Gasteiger partial charge in [-0.2, -0.15) is 0 Å². The molecular formula is C15H20N2O3. The second-order valence-corrected chi connectivity index (χ2v) is 5.56. The molecule has 1 fully saturated rings. The molecule has 0 aliphatic heterocycles. The number of carbonyl (C=O) groups excluding carboxylic acids is 1. The Labute approximate surface area is 118 Å². The van der Waals surface area contributed by atoms with Crippen molar-refractivity contribution >= 4 is 11.9 Å². The van der Waals surface area contributed by atoms with E-state index < -0.39 is 11.4 Å². The van der Waals surface area contributed by atoms with Crippen LogP contribution >= 0.6 is 0 Å². The fourth-order valence-electron chi connectivity index (χ4n) is 2.79. The average Bonchev–Trinajstić information content (AvgIpc) is 2.86. The van der Waals surface area contributed by atoms with Gasteiger partial charge in [-0.1, -0.05) is 12.8 Å². The molecule has 0 atom stereocenters. The van der Waals surface area contributed by atoms with Crippen molar-refractivity contribution in [1.82, 2.24) is 10.3 Å². The van der Waals surface area contributed by atoms with E-state index in [-0.39, 0.29) is 12.5 Å². The van der Waals surface area contributed by atoms with Gasteiger partial charge in [-0.3, -0.25) is 14.6 Å². The number of hydrogen-bond acceptors (Lipinski definition) is 3. The number of aryl methyl sites for hydroxylation is 2. The Morgan fingerprint density at radius 3 is 2.50 bits per heavy atom. The molecule has 0 aromatic carbocycles. The number of pyridine rings is 1. The summed E-state index contributed by atoms with van der Waals surface area (Å²) in [5, 5.41) is 12.1. The molecule has 0 bridgehead atoms. The molecule has 1 aliphatic rings. The summed E-state index contributed by atoms with van der Waals surface area (Å²) < 4.78 is 0. The normalized spacial score (nSPS) is 16.9. The molecule has 1 aromatic heterocycles. The van der Waals surface area contributed by atoms with E-state index in [4.69, 9.17) is 0 Å². The van der Waals surface area contributed by atoms with Crippen LogP contribution in [-0.2, 0) is 4.79 Å². The predicted octanol–water partition coefficient (Wildman–Crippen LogP) is 2.07. The van der Waals surface area contributed by atoms with Gasteiger partial charge < -0.3 is 10.4 Å². The third-order valence-electron chi connectivity index (χ3n) is 4.07. The molecule has 1 amide bonds. The quantitative estimate of drug-likeness (QED) is 0.882. The van der Waals surface area contributed by atoms with Crippen LogP contribution in [0.15, 0.2) is 12.1 Å². The molecule has 2 rings (SSSR count). The molecule has 2 N–H and O–H groups in total. The van der Waals surface area contributed by atoms with E-state index in [2.05, 4.69) is 10.3 Å². The standard InChI is InChI=1S/C15H20N2O3/c1-10-5-6-12(11(2)17-10)13(18)16-9-15(14(19)20)7-3-4-8-15/h5-6H,3-4,7-9H2,1-2H3,(H,16,18)(H,19,20). The number of aromatic nitrogens is 1. The minimum atomic E-state index is -0.811. The topological polar surface area (TPSA) is 79.3 Å². The SMILES string of the molecule is Cc1ccc(C(=O)NCC2(C(=O)O)CCCC2)c(C)n1. The molecule has 1 aromatic rings. The summed E-state index contributed by atoms with van der Waals surface area (Å²) in [6.45, 7) is 3.84. The van der Waals surface area contributed by atoms with Crippen LogP contribution in [0.5, 0.6) is 0 Å². The maximum atomic E-state index is 12.2. The molecule has 0 unspecified atom stereocenters. The minimum absolute atomic E-state index is 0.189. The molecule has 1 aliphatic carbocycles. The summed E-state index contributed by atoms with van der Waals surface area (Å²) in [7, 11) is 0. The lowest BCUT2D eigenvalue weighted by atomic mass is 9.86. The van der Waals surface area contributed by atoms with E-state index in [1.807, 2.05) is 6.92 Å². The van der Waals surface area contributed by atoms with Gasteiger partial charge in [-0.15, -0.1) is 0 Å². The minimum Gasteiger partial charge on any atom is -0.481 e. The van der Waals surface area contributed by atoms with Gasteiger partial charge in [-0.05, 0) is 38.8 Å². The number of carboxylic acids is 1. The van der Waals surface area contributed by atoms with Gasteiger partial charge in [0.25, 0.3) is 5.91 Å². The Morgan fingerprint density at radius 2 is 1.95 bits per heavy atom. The molecule has 1 heterocycles. The van der Waals surface area contributed by atoms with Gasteiger partial charge in [0.05, 0.1) is 16.7 Å². The number of carboxylic acid groups (broad SMARTS) is 1. The molecule has 0 spiro atoms. The van der Waals surface area contributed by atoms with E-state index in [9.17, 15) is 14.7 Å². The van der Waals surface area contributed by atoms with Crippen LogP contribution in [0.3, 0.4) is 0 Å². The van der Waals surface area contributed by atoms with Crippen LogP contribution < -0.4 is 5.32 Å². The lowest BCUT2D eigenvalue weighted by Gasteiger charge is -2.24. The first-order valence-corrected chi connectivity index (χ1v) is 6.90. The van der Waals surface area contributed by atoms with Crippen molar-refractivity contribution < 1.29 is 14.7 Å². The van der Waals surface area contributed by atoms with Crippen molar-refractivity contribution in [2.45, 2.75) is 39.5 Å². The van der Waals surface area contributed by atoms with Gasteiger partial charge in [-0.25, -0.2) is 0 Å². The Hall–Kier alpha value is -1.91. The van der Waals surface area contributed by atoms with Gasteiger partial charge in [0.2, 0.25) is 0 Å². The Morgan fingerprint density at radius 1 is 1.30 bits per heavy atom. The van der Waals surface area contributed by atoms with Crippen molar-refractivity contribution in [3.05, 3.63) is 29.1 Å². The average molecular weight is 276 g/mol. The van der Waals surface area contributed by atoms with E-state index in [0.29, 0.717) is 24.1 Å². The molecular weight excluding hydrogens is 256 g/mol. The van der Waals surface area contributed by atoms with Gasteiger partial charge in [0.1, 0.15) is 0 Å². The van der Waals surface area contributed by atoms with Crippen LogP contribution in [-0.4, -0.2) is 28.5 Å². The highest BCUT2D eigenvalue weighted by Gasteiger charge is 2.41. The fourth-order valence-corrected chi connectivity index (χ4v) is 2.79. The van der Waals surface area contributed by atoms with Crippen LogP contribution in [0.1, 0.15) is 47.4 Å². The van der Waals surface area contributed by atoms with Crippen molar-refractivity contribution in [3.63, 3.8) is 0 Å². The second-order valence-electron chi connectivity index (χ2n) is 5.56. The highest BCUT2D eigenvalue weighted by atomic mass is 16.4. The summed E-state index contributed by atoms with van der Waals surface area (Å²) >= 11 is 0. The third-order valence-corrected chi connectivity index (χ3v) is 4.07. The van der Waals surface area contributed by atoms with Crippen LogP contribution in [0.2, 0.25) is 0 Å². The molecule has 1 saturated carbocycles. The van der Waals surface area contributed by atoms with E-state index in [0.717, 1.165) is 18.5 Å². The molecule has 108 valence electrons. The third kappa shape index (κ3) is 2.81.